The number of nitrogens with two attached hydrogens (primary N) is 1. The predicted octanol–water partition coefficient (Wildman–Crippen LogP) is 6.01. The second-order valence-electron chi connectivity index (χ2n) is 6.11. The Kier molecular flexibility index (Phi) is 9.86. The molecular weight excluding hydrogens is 436 g/mol. The van der Waals surface area contributed by atoms with Gasteiger partial charge in [0.1, 0.15) is 11.4 Å². The van der Waals surface area contributed by atoms with Crippen molar-refractivity contribution in [2.24, 2.45) is 10.2 Å². The normalized spacial score (nSPS) is 9.93. The SMILES string of the molecule is Cc1ccc(N=Nc2c(C)cc3cc(NC=O)ccc3c2O)c(C(=O)O)c1.[CH3-].[Cu+2].[NH2-]. The number of fused-ring (bicyclic) bond motifs is 1. The number of aromatic carboxylic acids is 1. The summed E-state index contributed by atoms with van der Waals surface area (Å²) in [5, 5.41) is 31.9. The van der Waals surface area contributed by atoms with Gasteiger partial charge in [-0.1, -0.05) is 11.6 Å². The number of anilines is 1. The molecule has 3 rings (SSSR count). The van der Waals surface area contributed by atoms with Gasteiger partial charge < -0.3 is 29.1 Å². The molecule has 161 valence electrons. The quantitative estimate of drug-likeness (QED) is 0.186. The van der Waals surface area contributed by atoms with Crippen molar-refractivity contribution >= 4 is 40.2 Å². The van der Waals surface area contributed by atoms with Crippen LogP contribution in [-0.4, -0.2) is 22.6 Å². The molecule has 1 radical (unpaired) electrons. The second kappa shape index (κ2) is 11.1. The minimum absolute atomic E-state index is 0. The zero-order chi connectivity index (χ0) is 19.6. The molecule has 0 aromatic heterocycles. The van der Waals surface area contributed by atoms with Gasteiger partial charge in [-0.05, 0) is 61.2 Å². The number of hydrogen-bond donors (Lipinski definition) is 3. The van der Waals surface area contributed by atoms with E-state index in [0.29, 0.717) is 23.0 Å². The van der Waals surface area contributed by atoms with Crippen molar-refractivity contribution in [3.63, 3.8) is 0 Å². The van der Waals surface area contributed by atoms with Crippen LogP contribution in [0.25, 0.3) is 16.9 Å². The number of aromatic hydroxyl groups is 1. The summed E-state index contributed by atoms with van der Waals surface area (Å²) in [6.07, 6.45) is 0.581. The van der Waals surface area contributed by atoms with Crippen molar-refractivity contribution in [1.29, 1.82) is 0 Å². The second-order valence-corrected chi connectivity index (χ2v) is 6.11. The average molecular weight is 458 g/mol. The molecule has 0 aliphatic carbocycles. The van der Waals surface area contributed by atoms with E-state index in [4.69, 9.17) is 0 Å². The number of phenols is 1. The Morgan fingerprint density at radius 3 is 2.40 bits per heavy atom. The van der Waals surface area contributed by atoms with E-state index in [9.17, 15) is 19.8 Å². The summed E-state index contributed by atoms with van der Waals surface area (Å²) in [5.74, 6) is -1.15. The molecule has 0 aliphatic rings. The van der Waals surface area contributed by atoms with Gasteiger partial charge in [0.05, 0.1) is 5.56 Å². The minimum Gasteiger partial charge on any atom is -0.693 e. The van der Waals surface area contributed by atoms with Crippen LogP contribution in [-0.2, 0) is 21.9 Å². The van der Waals surface area contributed by atoms with E-state index in [1.165, 1.54) is 6.07 Å². The molecule has 8 nitrogen and oxygen atoms in total. The molecule has 0 saturated heterocycles. The van der Waals surface area contributed by atoms with Crippen molar-refractivity contribution < 1.29 is 36.9 Å². The minimum atomic E-state index is -1.10. The summed E-state index contributed by atoms with van der Waals surface area (Å²) in [5.41, 5.74) is 2.58. The number of nitrogens with zero attached hydrogens (tertiary/aromatic N) is 2. The molecule has 0 bridgehead atoms. The number of carboxylic acid groups (broad SMARTS) is 1. The van der Waals surface area contributed by atoms with Gasteiger partial charge in [-0.25, -0.2) is 4.79 Å². The number of carbonyl (C=O) groups is 2. The number of phenolic OH excluding ortho intramolecular Hbond substituents is 1. The monoisotopic (exact) mass is 457 g/mol. The molecule has 0 fully saturated rings. The van der Waals surface area contributed by atoms with Crippen LogP contribution in [0.5, 0.6) is 5.75 Å². The molecule has 9 heteroatoms. The molecule has 3 aromatic carbocycles. The van der Waals surface area contributed by atoms with Gasteiger partial charge in [-0.2, -0.15) is 0 Å². The molecule has 0 heterocycles. The van der Waals surface area contributed by atoms with Gasteiger partial charge in [0.15, 0.2) is 5.75 Å². The number of carbonyl (C=O) groups excluding carboxylic acids is 1. The molecule has 30 heavy (non-hydrogen) atoms. The van der Waals surface area contributed by atoms with Crippen molar-refractivity contribution in [1.82, 2.24) is 0 Å². The van der Waals surface area contributed by atoms with E-state index in [1.807, 2.05) is 6.07 Å². The standard InChI is InChI=1S/C20H17N3O4.CH3.Cu.H2N/c1-11-3-6-17(16(7-11)20(26)27)22-23-18-12(2)8-13-9-14(21-10-24)4-5-15(13)19(18)25;;;/h3-10,25H,1-2H3,(H,21,24)(H,26,27);1H3;;1H2/q;-1;+2;-1. The number of benzene rings is 3. The topological polar surface area (TPSA) is 145 Å². The summed E-state index contributed by atoms with van der Waals surface area (Å²) in [4.78, 5) is 22.0. The van der Waals surface area contributed by atoms with E-state index in [1.54, 1.807) is 44.2 Å². The van der Waals surface area contributed by atoms with Crippen LogP contribution in [0.1, 0.15) is 21.5 Å². The zero-order valence-corrected chi connectivity index (χ0v) is 17.5. The van der Waals surface area contributed by atoms with Crippen molar-refractivity contribution in [3.05, 3.63) is 72.7 Å². The van der Waals surface area contributed by atoms with E-state index in [2.05, 4.69) is 15.5 Å². The Morgan fingerprint density at radius 1 is 1.07 bits per heavy atom. The zero-order valence-electron chi connectivity index (χ0n) is 16.6. The summed E-state index contributed by atoms with van der Waals surface area (Å²) >= 11 is 0. The molecule has 0 aliphatic heterocycles. The van der Waals surface area contributed by atoms with Crippen LogP contribution in [0, 0.1) is 21.3 Å². The Labute approximate surface area is 185 Å². The largest absolute Gasteiger partial charge is 2.00 e. The maximum atomic E-state index is 11.4. The first-order valence-electron chi connectivity index (χ1n) is 8.13. The fraction of sp³-hybridized carbons (Fsp3) is 0.0952. The van der Waals surface area contributed by atoms with Crippen LogP contribution >= 0.6 is 0 Å². The van der Waals surface area contributed by atoms with Gasteiger partial charge >= 0.3 is 23.0 Å². The number of carboxylic acids is 1. The molecule has 0 spiro atoms. The van der Waals surface area contributed by atoms with E-state index < -0.39 is 5.97 Å². The Morgan fingerprint density at radius 2 is 1.77 bits per heavy atom. The summed E-state index contributed by atoms with van der Waals surface area (Å²) in [6, 6.07) is 11.7. The fourth-order valence-corrected chi connectivity index (χ4v) is 2.81. The van der Waals surface area contributed by atoms with Gasteiger partial charge in [-0.15, -0.1) is 10.2 Å². The number of rotatable bonds is 5. The number of aryl methyl sites for hydroxylation is 2. The van der Waals surface area contributed by atoms with Crippen molar-refractivity contribution in [2.45, 2.75) is 13.8 Å². The Balaban J connectivity index is 0.00000280. The third kappa shape index (κ3) is 5.42. The van der Waals surface area contributed by atoms with Crippen LogP contribution < -0.4 is 5.32 Å². The number of amides is 1. The number of hydrogen-bond acceptors (Lipinski definition) is 5. The first kappa shape index (κ1) is 26.7. The molecule has 0 unspecified atom stereocenters. The first-order chi connectivity index (χ1) is 12.9. The first-order valence-corrected chi connectivity index (χ1v) is 8.13. The molecule has 1 amide bonds. The van der Waals surface area contributed by atoms with Crippen molar-refractivity contribution in [3.8, 4) is 5.75 Å². The van der Waals surface area contributed by atoms with Gasteiger partial charge in [0.25, 0.3) is 0 Å². The van der Waals surface area contributed by atoms with Gasteiger partial charge in [0, 0.05) is 11.1 Å². The van der Waals surface area contributed by atoms with E-state index in [-0.39, 0.29) is 53.3 Å². The Bertz CT molecular complexity index is 1100. The number of nitrogens with one attached hydrogen (secondary N) is 1. The Hall–Kier alpha value is -3.26. The molecule has 5 N–H and O–H groups in total. The summed E-state index contributed by atoms with van der Waals surface area (Å²) in [7, 11) is 0. The van der Waals surface area contributed by atoms with Crippen LogP contribution in [0.15, 0.2) is 52.7 Å². The summed E-state index contributed by atoms with van der Waals surface area (Å²) < 4.78 is 0. The molecule has 0 saturated carbocycles. The number of azo groups is 1. The molecule has 0 atom stereocenters. The third-order valence-corrected chi connectivity index (χ3v) is 4.14. The third-order valence-electron chi connectivity index (χ3n) is 4.14. The van der Waals surface area contributed by atoms with Crippen LogP contribution in [0.2, 0.25) is 0 Å². The van der Waals surface area contributed by atoms with E-state index >= 15 is 0 Å². The molecular formula is C21H22CuN4O4. The van der Waals surface area contributed by atoms with Gasteiger partial charge in [0.2, 0.25) is 6.41 Å². The molecule has 3 aromatic rings. The summed E-state index contributed by atoms with van der Waals surface area (Å²) in [6.45, 7) is 3.56. The smallest absolute Gasteiger partial charge is 0.693 e. The maximum Gasteiger partial charge on any atom is 2.00 e. The van der Waals surface area contributed by atoms with Crippen LogP contribution in [0.4, 0.5) is 17.1 Å². The average Bonchev–Trinajstić information content (AvgIpc) is 2.62. The van der Waals surface area contributed by atoms with E-state index in [0.717, 1.165) is 10.9 Å². The predicted molar refractivity (Wildman–Crippen MR) is 114 cm³/mol. The van der Waals surface area contributed by atoms with Gasteiger partial charge in [-0.3, -0.25) is 4.79 Å². The maximum absolute atomic E-state index is 11.4. The fourth-order valence-electron chi connectivity index (χ4n) is 2.81. The van der Waals surface area contributed by atoms with Crippen LogP contribution in [0.3, 0.4) is 0 Å². The van der Waals surface area contributed by atoms with Crippen molar-refractivity contribution in [2.75, 3.05) is 5.32 Å².